The SMILES string of the molecule is CC(C)CC(N)C(=O)C1(C(=O)C(N)CCCCN)C(C(=O)c2ccccc2)C(F)CCN1C(=O)C(N)CCCCN. The second-order valence-corrected chi connectivity index (χ2v) is 11.5. The Labute approximate surface area is 242 Å². The Morgan fingerprint density at radius 2 is 1.41 bits per heavy atom. The van der Waals surface area contributed by atoms with Gasteiger partial charge >= 0.3 is 0 Å². The maximum Gasteiger partial charge on any atom is 0.240 e. The molecule has 0 aliphatic carbocycles. The third-order valence-electron chi connectivity index (χ3n) is 7.88. The molecule has 1 heterocycles. The van der Waals surface area contributed by atoms with Crippen LogP contribution in [-0.2, 0) is 14.4 Å². The Morgan fingerprint density at radius 1 is 0.878 bits per heavy atom. The molecule has 0 spiro atoms. The van der Waals surface area contributed by atoms with E-state index in [1.165, 1.54) is 12.1 Å². The van der Waals surface area contributed by atoms with E-state index in [-0.39, 0.29) is 43.7 Å². The number of nitrogens with two attached hydrogens (primary N) is 5. The molecule has 0 saturated carbocycles. The normalized spacial score (nSPS) is 23.2. The molecule has 1 aromatic carbocycles. The van der Waals surface area contributed by atoms with Gasteiger partial charge in [0, 0.05) is 12.1 Å². The van der Waals surface area contributed by atoms with Crippen LogP contribution >= 0.6 is 0 Å². The number of likely N-dealkylation sites (tertiary alicyclic amines) is 1. The second-order valence-electron chi connectivity index (χ2n) is 11.5. The maximum atomic E-state index is 16.2. The summed E-state index contributed by atoms with van der Waals surface area (Å²) in [5, 5.41) is 0. The lowest BCUT2D eigenvalue weighted by Gasteiger charge is -2.52. The van der Waals surface area contributed by atoms with Gasteiger partial charge in [-0.1, -0.05) is 57.0 Å². The number of Topliss-reactive ketones (excluding diaryl/α,β-unsaturated/α-hetero) is 3. The Kier molecular flexibility index (Phi) is 13.7. The minimum absolute atomic E-state index is 0.0601. The van der Waals surface area contributed by atoms with Crippen LogP contribution in [0.3, 0.4) is 0 Å². The van der Waals surface area contributed by atoms with Crippen LogP contribution in [-0.4, -0.2) is 77.6 Å². The van der Waals surface area contributed by atoms with Crippen molar-refractivity contribution in [2.75, 3.05) is 19.6 Å². The molecule has 10 N–H and O–H groups in total. The lowest BCUT2D eigenvalue weighted by Crippen LogP contribution is -2.77. The number of hydrogen-bond donors (Lipinski definition) is 5. The molecular formula is C30H49FN6O4. The zero-order valence-electron chi connectivity index (χ0n) is 24.5. The number of amides is 1. The zero-order chi connectivity index (χ0) is 30.7. The first kappa shape index (κ1) is 34.6. The number of benzene rings is 1. The molecule has 230 valence electrons. The number of alkyl halides is 1. The van der Waals surface area contributed by atoms with Crippen LogP contribution in [0, 0.1) is 11.8 Å². The van der Waals surface area contributed by atoms with Gasteiger partial charge in [0.25, 0.3) is 0 Å². The van der Waals surface area contributed by atoms with Crippen molar-refractivity contribution < 1.29 is 23.6 Å². The van der Waals surface area contributed by atoms with E-state index in [1.807, 2.05) is 13.8 Å². The van der Waals surface area contributed by atoms with Crippen LogP contribution in [0.5, 0.6) is 0 Å². The van der Waals surface area contributed by atoms with Crippen molar-refractivity contribution in [1.29, 1.82) is 0 Å². The van der Waals surface area contributed by atoms with Crippen LogP contribution in [0.4, 0.5) is 4.39 Å². The summed E-state index contributed by atoms with van der Waals surface area (Å²) in [5.41, 5.74) is 27.9. The molecule has 1 saturated heterocycles. The Bertz CT molecular complexity index is 1030. The van der Waals surface area contributed by atoms with E-state index in [0.717, 1.165) is 4.90 Å². The summed E-state index contributed by atoms with van der Waals surface area (Å²) in [7, 11) is 0. The summed E-state index contributed by atoms with van der Waals surface area (Å²) in [4.78, 5) is 58.2. The Morgan fingerprint density at radius 3 is 1.95 bits per heavy atom. The minimum atomic E-state index is -2.55. The predicted molar refractivity (Wildman–Crippen MR) is 157 cm³/mol. The van der Waals surface area contributed by atoms with E-state index in [4.69, 9.17) is 28.7 Å². The quantitative estimate of drug-likeness (QED) is 0.103. The Hall–Kier alpha value is -2.57. The van der Waals surface area contributed by atoms with Crippen molar-refractivity contribution in [2.24, 2.45) is 40.5 Å². The van der Waals surface area contributed by atoms with Crippen molar-refractivity contribution in [1.82, 2.24) is 4.90 Å². The molecular weight excluding hydrogens is 527 g/mol. The maximum absolute atomic E-state index is 16.2. The van der Waals surface area contributed by atoms with Crippen molar-refractivity contribution in [2.45, 2.75) is 95.1 Å². The molecule has 0 bridgehead atoms. The number of piperidine rings is 1. The number of carbonyl (C=O) groups excluding carboxylic acids is 4. The average Bonchev–Trinajstić information content (AvgIpc) is 2.95. The van der Waals surface area contributed by atoms with Gasteiger partial charge in [-0.05, 0) is 57.5 Å². The molecule has 1 aliphatic rings. The number of ketones is 3. The fourth-order valence-corrected chi connectivity index (χ4v) is 5.79. The molecule has 1 fully saturated rings. The van der Waals surface area contributed by atoms with Crippen molar-refractivity contribution in [3.05, 3.63) is 35.9 Å². The van der Waals surface area contributed by atoms with Crippen LogP contribution in [0.2, 0.25) is 0 Å². The van der Waals surface area contributed by atoms with Crippen molar-refractivity contribution in [3.63, 3.8) is 0 Å². The molecule has 10 nitrogen and oxygen atoms in total. The summed E-state index contributed by atoms with van der Waals surface area (Å²) < 4.78 is 16.2. The summed E-state index contributed by atoms with van der Waals surface area (Å²) in [6.07, 6.45) is 0.567. The standard InChI is InChI=1S/C30H49FN6O4/c1-19(2)18-24(36)28(40)30(27(39)22(34)12-6-8-15-32)25(26(38)20-10-4-3-5-11-20)21(31)14-17-37(30)29(41)23(35)13-7-9-16-33/h3-5,10-11,19,21-25H,6-9,12-18,32-36H2,1-2H3. The van der Waals surface area contributed by atoms with E-state index < -0.39 is 59.0 Å². The van der Waals surface area contributed by atoms with E-state index >= 15 is 4.39 Å². The molecule has 0 aromatic heterocycles. The number of nitrogens with zero attached hydrogens (tertiary/aromatic N) is 1. The molecule has 1 amide bonds. The largest absolute Gasteiger partial charge is 0.330 e. The summed E-state index contributed by atoms with van der Waals surface area (Å²) in [6.45, 7) is 4.19. The van der Waals surface area contributed by atoms with Crippen LogP contribution in [0.25, 0.3) is 0 Å². The number of hydrogen-bond acceptors (Lipinski definition) is 9. The number of halogens is 1. The van der Waals surface area contributed by atoms with Gasteiger partial charge < -0.3 is 33.6 Å². The third kappa shape index (κ3) is 8.04. The summed E-state index contributed by atoms with van der Waals surface area (Å²) >= 11 is 0. The van der Waals surface area contributed by atoms with Gasteiger partial charge in [0.15, 0.2) is 22.9 Å². The highest BCUT2D eigenvalue weighted by molar-refractivity contribution is 6.22. The van der Waals surface area contributed by atoms with E-state index in [1.54, 1.807) is 18.2 Å². The van der Waals surface area contributed by atoms with Gasteiger partial charge in [-0.3, -0.25) is 19.2 Å². The van der Waals surface area contributed by atoms with Gasteiger partial charge in [-0.15, -0.1) is 0 Å². The lowest BCUT2D eigenvalue weighted by molar-refractivity contribution is -0.166. The molecule has 1 aromatic rings. The molecule has 6 atom stereocenters. The van der Waals surface area contributed by atoms with Crippen molar-refractivity contribution >= 4 is 23.3 Å². The fraction of sp³-hybridized carbons (Fsp3) is 0.667. The molecule has 2 rings (SSSR count). The predicted octanol–water partition coefficient (Wildman–Crippen LogP) is 1.22. The zero-order valence-corrected chi connectivity index (χ0v) is 24.5. The van der Waals surface area contributed by atoms with Gasteiger partial charge in [-0.2, -0.15) is 0 Å². The van der Waals surface area contributed by atoms with Gasteiger partial charge in [0.05, 0.1) is 24.0 Å². The topological polar surface area (TPSA) is 202 Å². The van der Waals surface area contributed by atoms with Gasteiger partial charge in [0.1, 0.15) is 6.17 Å². The second kappa shape index (κ2) is 16.2. The third-order valence-corrected chi connectivity index (χ3v) is 7.88. The average molecular weight is 577 g/mol. The first-order valence-electron chi connectivity index (χ1n) is 14.7. The molecule has 11 heteroatoms. The summed E-state index contributed by atoms with van der Waals surface area (Å²) in [5.74, 6) is -5.15. The van der Waals surface area contributed by atoms with Crippen molar-refractivity contribution in [3.8, 4) is 0 Å². The smallest absolute Gasteiger partial charge is 0.240 e. The monoisotopic (exact) mass is 576 g/mol. The van der Waals surface area contributed by atoms with Crippen LogP contribution in [0.1, 0.15) is 75.6 Å². The fourth-order valence-electron chi connectivity index (χ4n) is 5.79. The highest BCUT2D eigenvalue weighted by atomic mass is 19.1. The number of rotatable bonds is 17. The highest BCUT2D eigenvalue weighted by Crippen LogP contribution is 2.42. The molecule has 41 heavy (non-hydrogen) atoms. The first-order valence-corrected chi connectivity index (χ1v) is 14.7. The van der Waals surface area contributed by atoms with E-state index in [9.17, 15) is 19.2 Å². The van der Waals surface area contributed by atoms with Crippen LogP contribution < -0.4 is 28.7 Å². The highest BCUT2D eigenvalue weighted by Gasteiger charge is 2.66. The molecule has 6 unspecified atom stereocenters. The first-order chi connectivity index (χ1) is 19.4. The van der Waals surface area contributed by atoms with Crippen LogP contribution in [0.15, 0.2) is 30.3 Å². The van der Waals surface area contributed by atoms with Gasteiger partial charge in [-0.25, -0.2) is 4.39 Å². The Balaban J connectivity index is 2.81. The van der Waals surface area contributed by atoms with Gasteiger partial charge in [0.2, 0.25) is 5.91 Å². The minimum Gasteiger partial charge on any atom is -0.330 e. The lowest BCUT2D eigenvalue weighted by atomic mass is 9.63. The molecule has 1 aliphatic heterocycles. The number of unbranched alkanes of at least 4 members (excludes halogenated alkanes) is 2. The summed E-state index contributed by atoms with van der Waals surface area (Å²) in [6, 6.07) is 4.26. The number of carbonyl (C=O) groups is 4. The molecule has 0 radical (unpaired) electrons. The van der Waals surface area contributed by atoms with E-state index in [0.29, 0.717) is 38.8 Å². The van der Waals surface area contributed by atoms with E-state index in [2.05, 4.69) is 0 Å².